The largest absolute Gasteiger partial charge is 0.420 e. The molecule has 0 saturated carbocycles. The highest BCUT2D eigenvalue weighted by atomic mass is 32.1. The van der Waals surface area contributed by atoms with E-state index in [0.29, 0.717) is 24.5 Å². The van der Waals surface area contributed by atoms with E-state index in [4.69, 9.17) is 17.5 Å². The van der Waals surface area contributed by atoms with Crippen LogP contribution in [0.2, 0.25) is 0 Å². The fourth-order valence-electron chi connectivity index (χ4n) is 4.45. The number of halogens is 4. The average Bonchev–Trinajstić information content (AvgIpc) is 2.91. The maximum absolute atomic E-state index is 15.0. The number of carbonyl (C=O) groups is 2. The average molecular weight is 574 g/mol. The number of carbonyl (C=O) groups excluding carboxylic acids is 2. The minimum Gasteiger partial charge on any atom is -0.343 e. The normalized spacial score (nSPS) is 14.0. The number of aromatic nitrogens is 1. The maximum atomic E-state index is 15.0. The van der Waals surface area contributed by atoms with E-state index in [1.165, 1.54) is 36.5 Å². The van der Waals surface area contributed by atoms with Gasteiger partial charge < -0.3 is 14.7 Å². The summed E-state index contributed by atoms with van der Waals surface area (Å²) in [6.45, 7) is 5.84. The first-order chi connectivity index (χ1) is 18.7. The van der Waals surface area contributed by atoms with E-state index in [1.807, 2.05) is 0 Å². The lowest BCUT2D eigenvalue weighted by molar-refractivity contribution is -0.140. The molecule has 2 amide bonds. The predicted octanol–water partition coefficient (Wildman–Crippen LogP) is 4.93. The van der Waals surface area contributed by atoms with E-state index >= 15 is 0 Å². The number of nitrogens with zero attached hydrogens (tertiary/aromatic N) is 5. The first-order valence-corrected chi connectivity index (χ1v) is 12.7. The molecule has 12 heteroatoms. The van der Waals surface area contributed by atoms with Crippen LogP contribution in [-0.4, -0.2) is 52.9 Å². The van der Waals surface area contributed by atoms with E-state index in [9.17, 15) is 27.2 Å². The number of rotatable bonds is 5. The van der Waals surface area contributed by atoms with Crippen molar-refractivity contribution in [1.82, 2.24) is 9.88 Å². The van der Waals surface area contributed by atoms with Crippen molar-refractivity contribution in [1.29, 1.82) is 5.26 Å². The van der Waals surface area contributed by atoms with Crippen LogP contribution >= 0.6 is 12.2 Å². The van der Waals surface area contributed by atoms with Gasteiger partial charge in [-0.1, -0.05) is 18.1 Å². The molecule has 0 unspecified atom stereocenters. The zero-order valence-electron chi connectivity index (χ0n) is 22.3. The second-order valence-corrected chi connectivity index (χ2v) is 9.99. The third-order valence-electron chi connectivity index (χ3n) is 6.79. The number of thiocarbonyl (C=S) groups is 1. The number of piperidine rings is 1. The quantitative estimate of drug-likeness (QED) is 0.287. The lowest BCUT2D eigenvalue weighted by Crippen LogP contribution is -2.55. The highest BCUT2D eigenvalue weighted by Crippen LogP contribution is 2.38. The van der Waals surface area contributed by atoms with Crippen molar-refractivity contribution in [2.45, 2.75) is 45.3 Å². The summed E-state index contributed by atoms with van der Waals surface area (Å²) in [6, 6.07) is 6.42. The third-order valence-corrected chi connectivity index (χ3v) is 7.00. The van der Waals surface area contributed by atoms with Gasteiger partial charge in [0.05, 0.1) is 34.7 Å². The Bertz CT molecular complexity index is 1400. The van der Waals surface area contributed by atoms with Gasteiger partial charge in [-0.15, -0.1) is 0 Å². The second kappa shape index (κ2) is 12.0. The number of alkyl halides is 3. The Morgan fingerprint density at radius 1 is 1.18 bits per heavy atom. The molecular formula is C28H27F4N5O2S. The zero-order valence-corrected chi connectivity index (χ0v) is 23.2. The van der Waals surface area contributed by atoms with Gasteiger partial charge in [0, 0.05) is 33.0 Å². The predicted molar refractivity (Wildman–Crippen MR) is 146 cm³/mol. The van der Waals surface area contributed by atoms with Gasteiger partial charge in [-0.3, -0.25) is 9.59 Å². The maximum Gasteiger partial charge on any atom is 0.420 e. The molecule has 1 aromatic carbocycles. The number of nitriles is 1. The van der Waals surface area contributed by atoms with Gasteiger partial charge in [0.25, 0.3) is 5.91 Å². The van der Waals surface area contributed by atoms with Crippen LogP contribution < -0.4 is 9.80 Å². The van der Waals surface area contributed by atoms with E-state index in [2.05, 4.69) is 16.8 Å². The summed E-state index contributed by atoms with van der Waals surface area (Å²) in [5.41, 5.74) is -2.61. The Kier molecular flexibility index (Phi) is 9.16. The van der Waals surface area contributed by atoms with Gasteiger partial charge in [0.2, 0.25) is 5.91 Å². The number of amides is 2. The number of likely N-dealkylation sites (N-methyl/N-ethyl adjacent to an activating group) is 1. The van der Waals surface area contributed by atoms with E-state index in [-0.39, 0.29) is 11.8 Å². The number of benzene rings is 1. The minimum atomic E-state index is -5.13. The van der Waals surface area contributed by atoms with Gasteiger partial charge in [-0.2, -0.15) is 18.4 Å². The van der Waals surface area contributed by atoms with Crippen LogP contribution in [-0.2, 0) is 15.8 Å². The van der Waals surface area contributed by atoms with Crippen LogP contribution in [0.5, 0.6) is 0 Å². The second-order valence-electron chi connectivity index (χ2n) is 9.78. The molecule has 3 rings (SSSR count). The summed E-state index contributed by atoms with van der Waals surface area (Å²) in [7, 11) is 1.15. The van der Waals surface area contributed by atoms with Crippen LogP contribution in [0.15, 0.2) is 30.5 Å². The van der Waals surface area contributed by atoms with Gasteiger partial charge in [0.1, 0.15) is 16.8 Å². The van der Waals surface area contributed by atoms with Crippen molar-refractivity contribution < 1.29 is 27.2 Å². The Hall–Kier alpha value is -4.03. The summed E-state index contributed by atoms with van der Waals surface area (Å²) < 4.78 is 55.4. The van der Waals surface area contributed by atoms with Crippen molar-refractivity contribution in [2.24, 2.45) is 5.92 Å². The van der Waals surface area contributed by atoms with E-state index < -0.39 is 40.3 Å². The SMILES string of the molecule is CC(=O)N1CCC(C#Cc2ccc(N(C=S)C(C)(C)C(=O)N(C)c3ccc(C#N)c(C(F)(F)F)c3F)cn2)CC1. The highest BCUT2D eigenvalue weighted by Gasteiger charge is 2.41. The van der Waals surface area contributed by atoms with Gasteiger partial charge >= 0.3 is 6.18 Å². The lowest BCUT2D eigenvalue weighted by Gasteiger charge is -2.38. The van der Waals surface area contributed by atoms with Gasteiger partial charge in [-0.05, 0) is 56.9 Å². The van der Waals surface area contributed by atoms with Crippen molar-refractivity contribution in [2.75, 3.05) is 29.9 Å². The topological polar surface area (TPSA) is 80.5 Å². The van der Waals surface area contributed by atoms with Gasteiger partial charge in [0.15, 0.2) is 5.82 Å². The van der Waals surface area contributed by atoms with E-state index in [0.717, 1.165) is 36.9 Å². The summed E-state index contributed by atoms with van der Waals surface area (Å²) in [5.74, 6) is 3.92. The molecule has 0 N–H and O–H groups in total. The Morgan fingerprint density at radius 3 is 2.33 bits per heavy atom. The molecule has 40 heavy (non-hydrogen) atoms. The number of pyridine rings is 1. The van der Waals surface area contributed by atoms with Gasteiger partial charge in [-0.25, -0.2) is 9.37 Å². The minimum absolute atomic E-state index is 0.0486. The van der Waals surface area contributed by atoms with Crippen LogP contribution in [0.1, 0.15) is 50.4 Å². The molecule has 1 aliphatic heterocycles. The summed E-state index contributed by atoms with van der Waals surface area (Å²) in [5, 5.41) is 9.01. The van der Waals surface area contributed by atoms with E-state index in [1.54, 1.807) is 24.0 Å². The molecule has 1 saturated heterocycles. The molecule has 0 spiro atoms. The number of anilines is 2. The highest BCUT2D eigenvalue weighted by molar-refractivity contribution is 7.79. The van der Waals surface area contributed by atoms with Crippen LogP contribution in [0.3, 0.4) is 0 Å². The molecule has 0 atom stereocenters. The lowest BCUT2D eigenvalue weighted by atomic mass is 9.97. The molecule has 1 aliphatic rings. The molecule has 7 nitrogen and oxygen atoms in total. The van der Waals surface area contributed by atoms with Crippen molar-refractivity contribution >= 4 is 40.9 Å². The Balaban J connectivity index is 1.81. The molecule has 0 aliphatic carbocycles. The van der Waals surface area contributed by atoms with Crippen molar-refractivity contribution in [3.05, 3.63) is 53.1 Å². The smallest absolute Gasteiger partial charge is 0.343 e. The first-order valence-electron chi connectivity index (χ1n) is 12.3. The standard InChI is InChI=1S/C28H27F4N5O2S/c1-18(38)36-13-11-19(12-14-36)5-7-21-8-9-22(16-34-21)37(17-40)27(2,3)26(39)35(4)23-10-6-20(15-33)24(25(23)29)28(30,31)32/h6,8-10,16-17,19H,11-14H2,1-4H3. The number of hydrogen-bond acceptors (Lipinski definition) is 5. The molecule has 2 heterocycles. The molecule has 0 bridgehead atoms. The number of hydrogen-bond donors (Lipinski definition) is 0. The van der Waals surface area contributed by atoms with Crippen LogP contribution in [0.4, 0.5) is 28.9 Å². The summed E-state index contributed by atoms with van der Waals surface area (Å²) in [6.07, 6.45) is -2.12. The zero-order chi connectivity index (χ0) is 29.8. The summed E-state index contributed by atoms with van der Waals surface area (Å²) in [4.78, 5) is 33.2. The van der Waals surface area contributed by atoms with Crippen molar-refractivity contribution in [3.8, 4) is 17.9 Å². The first kappa shape index (κ1) is 30.5. The molecule has 1 fully saturated rings. The van der Waals surface area contributed by atoms with Crippen molar-refractivity contribution in [3.63, 3.8) is 0 Å². The third kappa shape index (κ3) is 6.40. The Morgan fingerprint density at radius 2 is 1.82 bits per heavy atom. The Labute approximate surface area is 235 Å². The monoisotopic (exact) mass is 573 g/mol. The summed E-state index contributed by atoms with van der Waals surface area (Å²) >= 11 is 5.14. The molecule has 1 aromatic heterocycles. The molecule has 0 radical (unpaired) electrons. The molecule has 210 valence electrons. The number of likely N-dealkylation sites (tertiary alicyclic amines) is 1. The molecule has 2 aromatic rings. The molecular weight excluding hydrogens is 546 g/mol. The fourth-order valence-corrected chi connectivity index (χ4v) is 4.84. The fraction of sp³-hybridized carbons (Fsp3) is 0.393. The van der Waals surface area contributed by atoms with Crippen LogP contribution in [0, 0.1) is 34.9 Å². The van der Waals surface area contributed by atoms with Crippen LogP contribution in [0.25, 0.3) is 0 Å².